The fourth-order valence-electron chi connectivity index (χ4n) is 3.15. The summed E-state index contributed by atoms with van der Waals surface area (Å²) >= 11 is 0. The number of nitrogens with zero attached hydrogens (tertiary/aromatic N) is 6. The number of ether oxygens (including phenoxy) is 1. The summed E-state index contributed by atoms with van der Waals surface area (Å²) < 4.78 is 34.6. The standard InChI is InChI=1S/C18H16F2N6O3/c19-15-7-13(8-16(20)17(15)23-5-6-25(12-27)22-11-23)26-10-14(29-18(26)28)9-24-4-2-1-3-21-24/h1-2,4,7-8,11-12,14H,5-6,9-10H2. The first kappa shape index (κ1) is 18.6. The molecule has 0 bridgehead atoms. The van der Waals surface area contributed by atoms with Crippen LogP contribution in [0.5, 0.6) is 0 Å². The average molecular weight is 402 g/mol. The van der Waals surface area contributed by atoms with E-state index in [0.717, 1.165) is 17.1 Å². The van der Waals surface area contributed by atoms with E-state index in [2.05, 4.69) is 16.1 Å². The van der Waals surface area contributed by atoms with E-state index in [1.165, 1.54) is 16.1 Å². The van der Waals surface area contributed by atoms with Crippen LogP contribution in [0.3, 0.4) is 0 Å². The van der Waals surface area contributed by atoms with Gasteiger partial charge >= 0.3 is 6.09 Å². The van der Waals surface area contributed by atoms with E-state index in [1.54, 1.807) is 23.4 Å². The molecule has 3 aliphatic rings. The largest absolute Gasteiger partial charge is 0.442 e. The molecule has 4 rings (SSSR count). The SMILES string of the molecule is O=CN1CCN(c2c(F)cc(N3CC(CN4C=CC=C=N4)OC3=O)cc2F)C=N1. The fourth-order valence-corrected chi connectivity index (χ4v) is 3.15. The molecule has 0 N–H and O–H groups in total. The highest BCUT2D eigenvalue weighted by Crippen LogP contribution is 2.31. The minimum atomic E-state index is -0.851. The number of carbonyl (C=O) groups is 2. The number of allylic oxidation sites excluding steroid dienone is 2. The maximum absolute atomic E-state index is 14.7. The number of cyclic esters (lactones) is 1. The predicted molar refractivity (Wildman–Crippen MR) is 100 cm³/mol. The molecule has 1 fully saturated rings. The van der Waals surface area contributed by atoms with Crippen molar-refractivity contribution in [1.82, 2.24) is 10.0 Å². The second-order valence-electron chi connectivity index (χ2n) is 6.43. The molecule has 2 amide bonds. The Morgan fingerprint density at radius 2 is 2.07 bits per heavy atom. The summed E-state index contributed by atoms with van der Waals surface area (Å²) in [4.78, 5) is 25.3. The van der Waals surface area contributed by atoms with Crippen molar-refractivity contribution in [1.29, 1.82) is 0 Å². The van der Waals surface area contributed by atoms with Crippen LogP contribution in [-0.2, 0) is 9.53 Å². The second-order valence-corrected chi connectivity index (χ2v) is 6.43. The molecule has 1 atom stereocenters. The van der Waals surface area contributed by atoms with Gasteiger partial charge in [-0.15, -0.1) is 5.10 Å². The zero-order valence-electron chi connectivity index (χ0n) is 15.1. The van der Waals surface area contributed by atoms with Gasteiger partial charge in [-0.1, -0.05) is 0 Å². The maximum Gasteiger partial charge on any atom is 0.414 e. The second kappa shape index (κ2) is 7.72. The van der Waals surface area contributed by atoms with Crippen LogP contribution in [-0.4, -0.2) is 67.0 Å². The van der Waals surface area contributed by atoms with Gasteiger partial charge in [-0.3, -0.25) is 14.7 Å². The van der Waals surface area contributed by atoms with Crippen LogP contribution < -0.4 is 9.80 Å². The number of rotatable bonds is 5. The summed E-state index contributed by atoms with van der Waals surface area (Å²) in [7, 11) is 0. The van der Waals surface area contributed by atoms with Crippen molar-refractivity contribution in [3.05, 3.63) is 42.1 Å². The van der Waals surface area contributed by atoms with E-state index in [-0.39, 0.29) is 31.0 Å². The molecule has 3 heterocycles. The lowest BCUT2D eigenvalue weighted by Gasteiger charge is -2.27. The lowest BCUT2D eigenvalue weighted by atomic mass is 10.2. The zero-order chi connectivity index (χ0) is 20.4. The highest BCUT2D eigenvalue weighted by Gasteiger charge is 2.34. The van der Waals surface area contributed by atoms with E-state index in [0.29, 0.717) is 13.0 Å². The van der Waals surface area contributed by atoms with E-state index in [9.17, 15) is 18.4 Å². The number of amides is 2. The smallest absolute Gasteiger partial charge is 0.414 e. The Bertz CT molecular complexity index is 936. The van der Waals surface area contributed by atoms with Crippen molar-refractivity contribution in [2.24, 2.45) is 10.2 Å². The van der Waals surface area contributed by atoms with Gasteiger partial charge in [-0.05, 0) is 6.08 Å². The van der Waals surface area contributed by atoms with Crippen LogP contribution in [0.4, 0.5) is 25.0 Å². The summed E-state index contributed by atoms with van der Waals surface area (Å²) in [6, 6.07) is 2.15. The van der Waals surface area contributed by atoms with Crippen LogP contribution in [0.1, 0.15) is 0 Å². The number of anilines is 2. The topological polar surface area (TPSA) is 81.0 Å². The van der Waals surface area contributed by atoms with Crippen molar-refractivity contribution in [2.45, 2.75) is 6.10 Å². The molecule has 150 valence electrons. The molecule has 9 nitrogen and oxygen atoms in total. The van der Waals surface area contributed by atoms with Gasteiger partial charge < -0.3 is 9.64 Å². The fraction of sp³-hybridized carbons (Fsp3) is 0.278. The van der Waals surface area contributed by atoms with Crippen molar-refractivity contribution < 1.29 is 23.1 Å². The lowest BCUT2D eigenvalue weighted by Crippen LogP contribution is -2.38. The molecular weight excluding hydrogens is 386 g/mol. The first-order valence-corrected chi connectivity index (χ1v) is 8.78. The minimum absolute atomic E-state index is 0.0531. The van der Waals surface area contributed by atoms with Crippen LogP contribution in [0.2, 0.25) is 0 Å². The monoisotopic (exact) mass is 402 g/mol. The van der Waals surface area contributed by atoms with Crippen LogP contribution >= 0.6 is 0 Å². The van der Waals surface area contributed by atoms with Crippen LogP contribution in [0, 0.1) is 11.6 Å². The molecule has 11 heteroatoms. The first-order valence-electron chi connectivity index (χ1n) is 8.78. The number of benzene rings is 1. The third kappa shape index (κ3) is 3.81. The minimum Gasteiger partial charge on any atom is -0.442 e. The Morgan fingerprint density at radius 1 is 1.28 bits per heavy atom. The molecule has 3 aliphatic heterocycles. The number of hydrazone groups is 2. The summed E-state index contributed by atoms with van der Waals surface area (Å²) in [6.07, 6.45) is 5.57. The van der Waals surface area contributed by atoms with E-state index in [4.69, 9.17) is 4.74 Å². The molecule has 1 aromatic carbocycles. The molecule has 1 saturated heterocycles. The van der Waals surface area contributed by atoms with E-state index >= 15 is 0 Å². The maximum atomic E-state index is 14.7. The van der Waals surface area contributed by atoms with Crippen molar-refractivity contribution in [3.63, 3.8) is 0 Å². The lowest BCUT2D eigenvalue weighted by molar-refractivity contribution is -0.118. The highest BCUT2D eigenvalue weighted by atomic mass is 19.1. The van der Waals surface area contributed by atoms with Gasteiger partial charge in [0.15, 0.2) is 11.6 Å². The van der Waals surface area contributed by atoms with Crippen LogP contribution in [0.25, 0.3) is 0 Å². The number of halogens is 2. The molecule has 29 heavy (non-hydrogen) atoms. The highest BCUT2D eigenvalue weighted by molar-refractivity contribution is 5.90. The molecule has 0 spiro atoms. The molecular formula is C18H16F2N6O3. The summed E-state index contributed by atoms with van der Waals surface area (Å²) in [6.45, 7) is 0.797. The number of hydrogen-bond donors (Lipinski definition) is 0. The molecule has 1 unspecified atom stereocenters. The quantitative estimate of drug-likeness (QED) is 0.697. The van der Waals surface area contributed by atoms with Gasteiger partial charge in [-0.2, -0.15) is 5.10 Å². The Hall–Kier alpha value is -3.72. The average Bonchev–Trinajstić information content (AvgIpc) is 3.08. The van der Waals surface area contributed by atoms with Gasteiger partial charge in [0.05, 0.1) is 25.3 Å². The molecule has 0 aromatic heterocycles. The van der Waals surface area contributed by atoms with Gasteiger partial charge in [-0.25, -0.2) is 18.6 Å². The Labute approximate surface area is 164 Å². The molecule has 1 aromatic rings. The summed E-state index contributed by atoms with van der Waals surface area (Å²) in [5.74, 6) is 0.968. The van der Waals surface area contributed by atoms with E-state index < -0.39 is 23.8 Å². The van der Waals surface area contributed by atoms with E-state index in [1.807, 2.05) is 0 Å². The van der Waals surface area contributed by atoms with Crippen molar-refractivity contribution >= 4 is 36.1 Å². The zero-order valence-corrected chi connectivity index (χ0v) is 15.1. The molecule has 0 aliphatic carbocycles. The van der Waals surface area contributed by atoms with Gasteiger partial charge in [0.25, 0.3) is 0 Å². The normalized spacial score (nSPS) is 20.6. The van der Waals surface area contributed by atoms with Gasteiger partial charge in [0.1, 0.15) is 18.1 Å². The van der Waals surface area contributed by atoms with Crippen LogP contribution in [0.15, 0.2) is 40.7 Å². The molecule has 0 saturated carbocycles. The summed E-state index contributed by atoms with van der Waals surface area (Å²) in [5.41, 5.74) is -0.246. The summed E-state index contributed by atoms with van der Waals surface area (Å²) in [5, 5.41) is 10.5. The van der Waals surface area contributed by atoms with Crippen molar-refractivity contribution in [3.8, 4) is 0 Å². The van der Waals surface area contributed by atoms with Gasteiger partial charge in [0, 0.05) is 36.8 Å². The van der Waals surface area contributed by atoms with Crippen molar-refractivity contribution in [2.75, 3.05) is 36.0 Å². The predicted octanol–water partition coefficient (Wildman–Crippen LogP) is 1.48. The van der Waals surface area contributed by atoms with Gasteiger partial charge in [0.2, 0.25) is 6.41 Å². The third-order valence-corrected chi connectivity index (χ3v) is 4.51. The Morgan fingerprint density at radius 3 is 2.69 bits per heavy atom. The Kier molecular flexibility index (Phi) is 4.96. The molecule has 0 radical (unpaired) electrons. The number of hydrogen-bond acceptors (Lipinski definition) is 7. The third-order valence-electron chi connectivity index (χ3n) is 4.51. The Balaban J connectivity index is 1.50. The number of carbonyl (C=O) groups excluding carboxylic acids is 2. The first-order chi connectivity index (χ1) is 14.0.